The fourth-order valence-corrected chi connectivity index (χ4v) is 2.77. The van der Waals surface area contributed by atoms with E-state index in [9.17, 15) is 18.0 Å². The second-order valence-electron chi connectivity index (χ2n) is 5.16. The number of nitrogens with one attached hydrogen (secondary N) is 3. The molecule has 1 heterocycles. The molecule has 0 radical (unpaired) electrons. The Labute approximate surface area is 147 Å². The van der Waals surface area contributed by atoms with E-state index in [2.05, 4.69) is 25.5 Å². The Hall–Kier alpha value is -2.57. The van der Waals surface area contributed by atoms with Crippen molar-refractivity contribution in [3.05, 3.63) is 30.0 Å². The maximum Gasteiger partial charge on any atom is 0.324 e. The SMILES string of the molecule is CC(C)NC(=O)c1nnsc1NC(=O)Nc1ccc(S(=O)(=O)O)cc1. The van der Waals surface area contributed by atoms with E-state index in [0.29, 0.717) is 0 Å². The predicted molar refractivity (Wildman–Crippen MR) is 91.4 cm³/mol. The quantitative estimate of drug-likeness (QED) is 0.570. The Kier molecular flexibility index (Phi) is 5.66. The van der Waals surface area contributed by atoms with Crippen LogP contribution in [0, 0.1) is 0 Å². The molecule has 3 amide bonds. The zero-order chi connectivity index (χ0) is 18.6. The molecule has 10 nitrogen and oxygen atoms in total. The molecule has 1 aromatic heterocycles. The number of urea groups is 1. The van der Waals surface area contributed by atoms with Crippen molar-refractivity contribution in [1.82, 2.24) is 14.9 Å². The number of benzene rings is 1. The number of hydrogen-bond acceptors (Lipinski definition) is 7. The van der Waals surface area contributed by atoms with Crippen molar-refractivity contribution < 1.29 is 22.6 Å². The third-order valence-electron chi connectivity index (χ3n) is 2.76. The molecule has 0 bridgehead atoms. The maximum atomic E-state index is 12.0. The molecular weight excluding hydrogens is 370 g/mol. The standard InChI is InChI=1S/C13H15N5O5S2/c1-7(2)14-11(19)10-12(24-18-17-10)16-13(20)15-8-3-5-9(6-4-8)25(21,22)23/h3-7H,1-2H3,(H,14,19)(H2,15,16,20)(H,21,22,23). The van der Waals surface area contributed by atoms with E-state index in [1.807, 2.05) is 0 Å². The van der Waals surface area contributed by atoms with Crippen LogP contribution in [0.4, 0.5) is 15.5 Å². The Balaban J connectivity index is 2.04. The van der Waals surface area contributed by atoms with Gasteiger partial charge in [0.1, 0.15) is 0 Å². The summed E-state index contributed by atoms with van der Waals surface area (Å²) >= 11 is 0.843. The molecule has 134 valence electrons. The van der Waals surface area contributed by atoms with E-state index in [0.717, 1.165) is 23.7 Å². The van der Waals surface area contributed by atoms with Gasteiger partial charge >= 0.3 is 6.03 Å². The Morgan fingerprint density at radius 2 is 1.80 bits per heavy atom. The van der Waals surface area contributed by atoms with Crippen molar-refractivity contribution in [1.29, 1.82) is 0 Å². The summed E-state index contributed by atoms with van der Waals surface area (Å²) in [6.45, 7) is 3.57. The second-order valence-corrected chi connectivity index (χ2v) is 7.33. The number of amides is 3. The molecule has 0 aliphatic heterocycles. The molecule has 0 spiro atoms. The smallest absolute Gasteiger partial charge is 0.324 e. The minimum atomic E-state index is -4.30. The summed E-state index contributed by atoms with van der Waals surface area (Å²) in [4.78, 5) is 23.6. The highest BCUT2D eigenvalue weighted by atomic mass is 32.2. The summed E-state index contributed by atoms with van der Waals surface area (Å²) < 4.78 is 34.5. The third kappa shape index (κ3) is 5.20. The van der Waals surface area contributed by atoms with Gasteiger partial charge in [-0.3, -0.25) is 14.7 Å². The number of carbonyl (C=O) groups excluding carboxylic acids is 2. The Morgan fingerprint density at radius 3 is 2.36 bits per heavy atom. The van der Waals surface area contributed by atoms with Crippen LogP contribution in [-0.4, -0.2) is 40.5 Å². The van der Waals surface area contributed by atoms with Crippen LogP contribution in [0.2, 0.25) is 0 Å². The molecule has 0 aliphatic carbocycles. The lowest BCUT2D eigenvalue weighted by Gasteiger charge is -2.09. The molecule has 0 aliphatic rings. The van der Waals surface area contributed by atoms with Crippen molar-refractivity contribution in [2.24, 2.45) is 0 Å². The van der Waals surface area contributed by atoms with Gasteiger partial charge in [-0.1, -0.05) is 4.49 Å². The maximum absolute atomic E-state index is 12.0. The lowest BCUT2D eigenvalue weighted by Crippen LogP contribution is -2.31. The minimum Gasteiger partial charge on any atom is -0.348 e. The largest absolute Gasteiger partial charge is 0.348 e. The number of anilines is 2. The highest BCUT2D eigenvalue weighted by Crippen LogP contribution is 2.19. The average molecular weight is 385 g/mol. The van der Waals surface area contributed by atoms with Gasteiger partial charge in [0.25, 0.3) is 16.0 Å². The summed E-state index contributed by atoms with van der Waals surface area (Å²) in [5.41, 5.74) is 0.283. The summed E-state index contributed by atoms with van der Waals surface area (Å²) in [7, 11) is -4.30. The normalized spacial score (nSPS) is 11.2. The van der Waals surface area contributed by atoms with Gasteiger partial charge in [0.05, 0.1) is 4.90 Å². The zero-order valence-electron chi connectivity index (χ0n) is 13.2. The molecule has 0 saturated heterocycles. The number of nitrogens with zero attached hydrogens (tertiary/aromatic N) is 2. The average Bonchev–Trinajstić information content (AvgIpc) is 2.94. The van der Waals surface area contributed by atoms with Crippen LogP contribution in [0.1, 0.15) is 24.3 Å². The second kappa shape index (κ2) is 7.55. The van der Waals surface area contributed by atoms with E-state index >= 15 is 0 Å². The molecular formula is C13H15N5O5S2. The topological polar surface area (TPSA) is 150 Å². The molecule has 0 fully saturated rings. The van der Waals surface area contributed by atoms with Gasteiger partial charge in [-0.25, -0.2) is 4.79 Å². The van der Waals surface area contributed by atoms with E-state index in [1.54, 1.807) is 13.8 Å². The van der Waals surface area contributed by atoms with Gasteiger partial charge in [0.2, 0.25) is 0 Å². The number of rotatable bonds is 5. The van der Waals surface area contributed by atoms with Crippen LogP contribution in [0.25, 0.3) is 0 Å². The lowest BCUT2D eigenvalue weighted by molar-refractivity contribution is 0.0939. The Bertz CT molecular complexity index is 876. The summed E-state index contributed by atoms with van der Waals surface area (Å²) in [6, 6.07) is 4.13. The first-order valence-corrected chi connectivity index (χ1v) is 9.17. The zero-order valence-corrected chi connectivity index (χ0v) is 14.8. The molecule has 2 rings (SSSR count). The van der Waals surface area contributed by atoms with Gasteiger partial charge in [-0.15, -0.1) is 5.10 Å². The first-order chi connectivity index (χ1) is 11.7. The van der Waals surface area contributed by atoms with Crippen molar-refractivity contribution >= 4 is 44.3 Å². The van der Waals surface area contributed by atoms with Crippen LogP contribution < -0.4 is 16.0 Å². The van der Waals surface area contributed by atoms with Gasteiger partial charge in [0.15, 0.2) is 10.7 Å². The van der Waals surface area contributed by atoms with Crippen LogP contribution in [0.3, 0.4) is 0 Å². The number of hydrogen-bond donors (Lipinski definition) is 4. The van der Waals surface area contributed by atoms with Crippen molar-refractivity contribution in [2.45, 2.75) is 24.8 Å². The van der Waals surface area contributed by atoms with Crippen LogP contribution in [0.15, 0.2) is 29.2 Å². The van der Waals surface area contributed by atoms with E-state index in [4.69, 9.17) is 4.55 Å². The minimum absolute atomic E-state index is 0.00410. The highest BCUT2D eigenvalue weighted by molar-refractivity contribution is 7.85. The molecule has 1 aromatic carbocycles. The van der Waals surface area contributed by atoms with Gasteiger partial charge in [0, 0.05) is 23.3 Å². The van der Waals surface area contributed by atoms with E-state index in [1.165, 1.54) is 12.1 Å². The molecule has 0 saturated carbocycles. The van der Waals surface area contributed by atoms with Gasteiger partial charge in [-0.05, 0) is 38.1 Å². The van der Waals surface area contributed by atoms with Crippen molar-refractivity contribution in [3.8, 4) is 0 Å². The first kappa shape index (κ1) is 18.8. The fraction of sp³-hybridized carbons (Fsp3) is 0.231. The number of aromatic nitrogens is 2. The van der Waals surface area contributed by atoms with Gasteiger partial charge in [-0.2, -0.15) is 8.42 Å². The van der Waals surface area contributed by atoms with Crippen LogP contribution >= 0.6 is 11.5 Å². The lowest BCUT2D eigenvalue weighted by atomic mass is 10.3. The van der Waals surface area contributed by atoms with Crippen LogP contribution in [-0.2, 0) is 10.1 Å². The van der Waals surface area contributed by atoms with Crippen LogP contribution in [0.5, 0.6) is 0 Å². The number of carbonyl (C=O) groups is 2. The van der Waals surface area contributed by atoms with Crippen molar-refractivity contribution in [3.63, 3.8) is 0 Å². The third-order valence-corrected chi connectivity index (χ3v) is 4.27. The highest BCUT2D eigenvalue weighted by Gasteiger charge is 2.19. The van der Waals surface area contributed by atoms with E-state index < -0.39 is 22.1 Å². The molecule has 12 heteroatoms. The fourth-order valence-electron chi connectivity index (χ4n) is 1.73. The molecule has 25 heavy (non-hydrogen) atoms. The Morgan fingerprint density at radius 1 is 1.16 bits per heavy atom. The van der Waals surface area contributed by atoms with Crippen molar-refractivity contribution in [2.75, 3.05) is 10.6 Å². The molecule has 4 N–H and O–H groups in total. The molecule has 0 unspecified atom stereocenters. The summed E-state index contributed by atoms with van der Waals surface area (Å²) in [6.07, 6.45) is 0. The monoisotopic (exact) mass is 385 g/mol. The molecule has 2 aromatic rings. The predicted octanol–water partition coefficient (Wildman–Crippen LogP) is 1.57. The van der Waals surface area contributed by atoms with E-state index in [-0.39, 0.29) is 27.3 Å². The van der Waals surface area contributed by atoms with Gasteiger partial charge < -0.3 is 10.6 Å². The summed E-state index contributed by atoms with van der Waals surface area (Å²) in [5, 5.41) is 11.4. The summed E-state index contributed by atoms with van der Waals surface area (Å²) in [5.74, 6) is -0.462. The first-order valence-electron chi connectivity index (χ1n) is 6.95. The molecule has 0 atom stereocenters.